The summed E-state index contributed by atoms with van der Waals surface area (Å²) in [5.74, 6) is 0.486. The van der Waals surface area contributed by atoms with Crippen molar-refractivity contribution in [3.63, 3.8) is 0 Å². The van der Waals surface area contributed by atoms with Crippen LogP contribution in [0.5, 0.6) is 0 Å². The first kappa shape index (κ1) is 13.7. The van der Waals surface area contributed by atoms with E-state index in [4.69, 9.17) is 5.11 Å². The highest BCUT2D eigenvalue weighted by Crippen LogP contribution is 2.10. The molecule has 0 spiro atoms. The van der Waals surface area contributed by atoms with Crippen LogP contribution in [0, 0.1) is 0 Å². The summed E-state index contributed by atoms with van der Waals surface area (Å²) in [4.78, 5) is 34.5. The summed E-state index contributed by atoms with van der Waals surface area (Å²) in [7, 11) is 1.59. The first-order valence-electron chi connectivity index (χ1n) is 5.88. The topological polar surface area (TPSA) is 110 Å². The van der Waals surface area contributed by atoms with Crippen molar-refractivity contribution in [2.24, 2.45) is 7.05 Å². The number of hydrogen-bond acceptors (Lipinski definition) is 5. The largest absolute Gasteiger partial charge is 0.465 e. The van der Waals surface area contributed by atoms with Crippen LogP contribution in [0.4, 0.5) is 4.79 Å². The standard InChI is InChI=1S/C12H13N5O3/c1-17-10(3-5-14-12(19)20)16-9(6-11(17)18)8-2-4-13-7-15-8/h2,4,6-7,14H,3,5H2,1H3,(H,19,20). The second kappa shape index (κ2) is 5.91. The normalized spacial score (nSPS) is 10.2. The van der Waals surface area contributed by atoms with Crippen molar-refractivity contribution >= 4 is 6.09 Å². The molecule has 0 aliphatic carbocycles. The van der Waals surface area contributed by atoms with Crippen LogP contribution in [0.15, 0.2) is 29.5 Å². The highest BCUT2D eigenvalue weighted by Gasteiger charge is 2.08. The molecule has 0 aliphatic rings. The molecular formula is C12H13N5O3. The molecule has 104 valence electrons. The Hall–Kier alpha value is -2.77. The Balaban J connectivity index is 2.30. The quantitative estimate of drug-likeness (QED) is 0.815. The van der Waals surface area contributed by atoms with E-state index in [0.717, 1.165) is 0 Å². The van der Waals surface area contributed by atoms with Crippen LogP contribution in [-0.2, 0) is 13.5 Å². The lowest BCUT2D eigenvalue weighted by atomic mass is 10.2. The number of amides is 1. The van der Waals surface area contributed by atoms with Crippen molar-refractivity contribution in [2.45, 2.75) is 6.42 Å². The van der Waals surface area contributed by atoms with Gasteiger partial charge >= 0.3 is 6.09 Å². The van der Waals surface area contributed by atoms with Crippen molar-refractivity contribution in [1.82, 2.24) is 24.8 Å². The molecule has 2 heterocycles. The summed E-state index contributed by atoms with van der Waals surface area (Å²) in [5, 5.41) is 10.8. The first-order valence-corrected chi connectivity index (χ1v) is 5.88. The number of carbonyl (C=O) groups is 1. The molecule has 0 fully saturated rings. The van der Waals surface area contributed by atoms with Crippen LogP contribution in [0.25, 0.3) is 11.4 Å². The Bertz CT molecular complexity index is 669. The fourth-order valence-electron chi connectivity index (χ4n) is 1.67. The van der Waals surface area contributed by atoms with Gasteiger partial charge in [0.25, 0.3) is 5.56 Å². The predicted octanol–water partition coefficient (Wildman–Crippen LogP) is 0.0474. The van der Waals surface area contributed by atoms with Crippen LogP contribution in [0.3, 0.4) is 0 Å². The molecule has 0 radical (unpaired) electrons. The second-order valence-electron chi connectivity index (χ2n) is 4.03. The molecule has 0 aliphatic heterocycles. The van der Waals surface area contributed by atoms with Crippen LogP contribution < -0.4 is 10.9 Å². The fourth-order valence-corrected chi connectivity index (χ4v) is 1.67. The number of nitrogens with zero attached hydrogens (tertiary/aromatic N) is 4. The third-order valence-electron chi connectivity index (χ3n) is 2.70. The highest BCUT2D eigenvalue weighted by atomic mass is 16.4. The summed E-state index contributed by atoms with van der Waals surface area (Å²) in [6.45, 7) is 0.183. The summed E-state index contributed by atoms with van der Waals surface area (Å²) in [5.41, 5.74) is 0.768. The second-order valence-corrected chi connectivity index (χ2v) is 4.03. The number of rotatable bonds is 4. The molecule has 1 amide bonds. The van der Waals surface area contributed by atoms with Gasteiger partial charge in [-0.2, -0.15) is 0 Å². The van der Waals surface area contributed by atoms with Crippen molar-refractivity contribution in [3.8, 4) is 11.4 Å². The van der Waals surface area contributed by atoms with Crippen LogP contribution >= 0.6 is 0 Å². The maximum absolute atomic E-state index is 11.9. The van der Waals surface area contributed by atoms with Crippen molar-refractivity contribution in [3.05, 3.63) is 40.8 Å². The minimum absolute atomic E-state index is 0.183. The van der Waals surface area contributed by atoms with Crippen LogP contribution in [-0.4, -0.2) is 37.3 Å². The summed E-state index contributed by atoms with van der Waals surface area (Å²) in [6, 6.07) is 3.04. The van der Waals surface area contributed by atoms with E-state index >= 15 is 0 Å². The van der Waals surface area contributed by atoms with Gasteiger partial charge in [0.2, 0.25) is 0 Å². The van der Waals surface area contributed by atoms with E-state index in [1.165, 1.54) is 17.0 Å². The highest BCUT2D eigenvalue weighted by molar-refractivity contribution is 5.64. The van der Waals surface area contributed by atoms with Gasteiger partial charge in [0.05, 0.1) is 11.4 Å². The molecule has 2 aromatic heterocycles. The van der Waals surface area contributed by atoms with Gasteiger partial charge in [0.15, 0.2) is 0 Å². The molecule has 20 heavy (non-hydrogen) atoms. The van der Waals surface area contributed by atoms with Crippen LogP contribution in [0.1, 0.15) is 5.82 Å². The molecule has 0 saturated carbocycles. The Morgan fingerprint density at radius 3 is 2.90 bits per heavy atom. The molecule has 2 aromatic rings. The zero-order chi connectivity index (χ0) is 14.5. The molecule has 0 aromatic carbocycles. The lowest BCUT2D eigenvalue weighted by molar-refractivity contribution is 0.194. The molecular weight excluding hydrogens is 262 g/mol. The average Bonchev–Trinajstić information content (AvgIpc) is 2.44. The Kier molecular flexibility index (Phi) is 4.04. The third kappa shape index (κ3) is 3.16. The molecule has 0 bridgehead atoms. The molecule has 2 rings (SSSR count). The molecule has 0 saturated heterocycles. The molecule has 0 atom stereocenters. The van der Waals surface area contributed by atoms with E-state index in [1.54, 1.807) is 19.3 Å². The molecule has 2 N–H and O–H groups in total. The van der Waals surface area contributed by atoms with Gasteiger partial charge in [-0.25, -0.2) is 19.7 Å². The van der Waals surface area contributed by atoms with E-state index in [1.807, 2.05) is 0 Å². The SMILES string of the molecule is Cn1c(CCNC(=O)O)nc(-c2ccncn2)cc1=O. The maximum atomic E-state index is 11.9. The van der Waals surface area contributed by atoms with Crippen molar-refractivity contribution in [1.29, 1.82) is 0 Å². The lowest BCUT2D eigenvalue weighted by Gasteiger charge is -2.09. The van der Waals surface area contributed by atoms with Gasteiger partial charge in [0.1, 0.15) is 12.2 Å². The Labute approximate surface area is 114 Å². The van der Waals surface area contributed by atoms with Crippen LogP contribution in [0.2, 0.25) is 0 Å². The lowest BCUT2D eigenvalue weighted by Crippen LogP contribution is -2.28. The van der Waals surface area contributed by atoms with Gasteiger partial charge in [-0.1, -0.05) is 0 Å². The van der Waals surface area contributed by atoms with Gasteiger partial charge < -0.3 is 10.4 Å². The predicted molar refractivity (Wildman–Crippen MR) is 70.2 cm³/mol. The third-order valence-corrected chi connectivity index (χ3v) is 2.70. The van der Waals surface area contributed by atoms with Crippen molar-refractivity contribution < 1.29 is 9.90 Å². The van der Waals surface area contributed by atoms with E-state index in [9.17, 15) is 9.59 Å². The maximum Gasteiger partial charge on any atom is 0.404 e. The minimum atomic E-state index is -1.11. The first-order chi connectivity index (χ1) is 9.58. The van der Waals surface area contributed by atoms with E-state index < -0.39 is 6.09 Å². The zero-order valence-electron chi connectivity index (χ0n) is 10.8. The Morgan fingerprint density at radius 1 is 1.45 bits per heavy atom. The van der Waals surface area contributed by atoms with E-state index in [2.05, 4.69) is 20.3 Å². The number of hydrogen-bond donors (Lipinski definition) is 2. The van der Waals surface area contributed by atoms with Crippen molar-refractivity contribution in [2.75, 3.05) is 6.54 Å². The number of carboxylic acid groups (broad SMARTS) is 1. The fraction of sp³-hybridized carbons (Fsp3) is 0.250. The summed E-state index contributed by atoms with van der Waals surface area (Å²) < 4.78 is 1.38. The van der Waals surface area contributed by atoms with Gasteiger partial charge in [-0.15, -0.1) is 0 Å². The molecule has 8 nitrogen and oxygen atoms in total. The van der Waals surface area contributed by atoms with Gasteiger partial charge in [-0.05, 0) is 6.07 Å². The average molecular weight is 275 g/mol. The van der Waals surface area contributed by atoms with E-state index in [0.29, 0.717) is 23.6 Å². The molecule has 8 heteroatoms. The monoisotopic (exact) mass is 275 g/mol. The number of nitrogens with one attached hydrogen (secondary N) is 1. The summed E-state index contributed by atoms with van der Waals surface area (Å²) in [6.07, 6.45) is 2.14. The Morgan fingerprint density at radius 2 is 2.25 bits per heavy atom. The van der Waals surface area contributed by atoms with Gasteiger partial charge in [0, 0.05) is 32.3 Å². The van der Waals surface area contributed by atoms with Gasteiger partial charge in [-0.3, -0.25) is 9.36 Å². The molecule has 0 unspecified atom stereocenters. The number of aromatic nitrogens is 4. The van der Waals surface area contributed by atoms with E-state index in [-0.39, 0.29) is 12.1 Å². The summed E-state index contributed by atoms with van der Waals surface area (Å²) >= 11 is 0. The zero-order valence-corrected chi connectivity index (χ0v) is 10.8. The minimum Gasteiger partial charge on any atom is -0.465 e. The smallest absolute Gasteiger partial charge is 0.404 e.